The summed E-state index contributed by atoms with van der Waals surface area (Å²) in [5.74, 6) is 0. The van der Waals surface area contributed by atoms with Crippen molar-refractivity contribution in [1.29, 1.82) is 0 Å². The lowest BCUT2D eigenvalue weighted by atomic mass is 10.0. The quantitative estimate of drug-likeness (QED) is 0.862. The first kappa shape index (κ1) is 15.7. The van der Waals surface area contributed by atoms with Crippen LogP contribution in [0.2, 0.25) is 0 Å². The van der Waals surface area contributed by atoms with E-state index in [9.17, 15) is 0 Å². The maximum Gasteiger partial charge on any atom is 0.0470 e. The molecule has 0 unspecified atom stereocenters. The van der Waals surface area contributed by atoms with Crippen molar-refractivity contribution in [3.05, 3.63) is 44.3 Å². The Morgan fingerprint density at radius 3 is 1.95 bits per heavy atom. The third kappa shape index (κ3) is 2.48. The van der Waals surface area contributed by atoms with Crippen molar-refractivity contribution in [2.24, 2.45) is 0 Å². The van der Waals surface area contributed by atoms with E-state index in [0.29, 0.717) is 0 Å². The van der Waals surface area contributed by atoms with Crippen molar-refractivity contribution in [2.45, 2.75) is 60.8 Å². The van der Waals surface area contributed by atoms with Crippen molar-refractivity contribution in [2.75, 3.05) is 0 Å². The molecular weight excluding hydrogens is 256 g/mol. The molecule has 0 bridgehead atoms. The molecule has 2 aromatic heterocycles. The molecule has 0 aromatic carbocycles. The van der Waals surface area contributed by atoms with Crippen molar-refractivity contribution in [3.63, 3.8) is 0 Å². The molecule has 2 aromatic rings. The van der Waals surface area contributed by atoms with Gasteiger partial charge in [-0.15, -0.1) is 0 Å². The second kappa shape index (κ2) is 5.97. The Hall–Kier alpha value is -1.70. The predicted octanol–water partition coefficient (Wildman–Crippen LogP) is 3.41. The molecule has 2 rings (SSSR count). The summed E-state index contributed by atoms with van der Waals surface area (Å²) in [5, 5.41) is 2.32. The van der Waals surface area contributed by atoms with Crippen LogP contribution >= 0.6 is 0 Å². The zero-order valence-electron chi connectivity index (χ0n) is 14.3. The Balaban J connectivity index is 2.82. The second-order valence-corrected chi connectivity index (χ2v) is 5.85. The van der Waals surface area contributed by atoms with Gasteiger partial charge in [-0.3, -0.25) is 0 Å². The Bertz CT molecular complexity index is 757. The molecule has 2 N–H and O–H groups in total. The monoisotopic (exact) mass is 284 g/mol. The highest BCUT2D eigenvalue weighted by Gasteiger charge is 2.15. The van der Waals surface area contributed by atoms with E-state index >= 15 is 0 Å². The average Bonchev–Trinajstić information content (AvgIpc) is 2.89. The lowest BCUT2D eigenvalue weighted by molar-refractivity contribution is 1.08. The summed E-state index contributed by atoms with van der Waals surface area (Å²) in [7, 11) is 0. The lowest BCUT2D eigenvalue weighted by Gasteiger charge is -2.05. The highest BCUT2D eigenvalue weighted by Crippen LogP contribution is 2.25. The number of rotatable bonds is 4. The molecule has 0 aliphatic rings. The zero-order valence-corrected chi connectivity index (χ0v) is 14.3. The number of hydrogen-bond acceptors (Lipinski definition) is 0. The van der Waals surface area contributed by atoms with Crippen LogP contribution < -0.4 is 10.7 Å². The Morgan fingerprint density at radius 2 is 1.52 bits per heavy atom. The molecule has 2 nitrogen and oxygen atoms in total. The maximum atomic E-state index is 4.17. The second-order valence-electron chi connectivity index (χ2n) is 5.85. The van der Waals surface area contributed by atoms with Crippen molar-refractivity contribution in [3.8, 4) is 0 Å². The van der Waals surface area contributed by atoms with Crippen LogP contribution in [0.1, 0.15) is 60.8 Å². The van der Waals surface area contributed by atoms with E-state index in [0.717, 1.165) is 24.6 Å². The van der Waals surface area contributed by atoms with E-state index in [-0.39, 0.29) is 0 Å². The summed E-state index contributed by atoms with van der Waals surface area (Å²) in [6, 6.07) is 0. The van der Waals surface area contributed by atoms with Gasteiger partial charge < -0.3 is 9.97 Å². The Kier molecular flexibility index (Phi) is 4.46. The fraction of sp³-hybridized carbons (Fsp3) is 0.474. The van der Waals surface area contributed by atoms with Gasteiger partial charge in [-0.1, -0.05) is 27.4 Å². The van der Waals surface area contributed by atoms with Crippen LogP contribution in [0.4, 0.5) is 0 Å². The first-order valence-electron chi connectivity index (χ1n) is 8.04. The molecule has 0 aliphatic carbocycles. The van der Waals surface area contributed by atoms with Crippen LogP contribution in [-0.4, -0.2) is 9.97 Å². The van der Waals surface area contributed by atoms with Gasteiger partial charge in [0.2, 0.25) is 0 Å². The van der Waals surface area contributed by atoms with Gasteiger partial charge in [-0.25, -0.2) is 0 Å². The fourth-order valence-electron chi connectivity index (χ4n) is 3.58. The minimum absolute atomic E-state index is 1.01. The van der Waals surface area contributed by atoms with Crippen LogP contribution in [-0.2, 0) is 12.8 Å². The summed E-state index contributed by atoms with van der Waals surface area (Å²) in [4.78, 5) is 7.13. The van der Waals surface area contributed by atoms with Crippen molar-refractivity contribution in [1.82, 2.24) is 9.97 Å². The summed E-state index contributed by atoms with van der Waals surface area (Å²) >= 11 is 0. The van der Waals surface area contributed by atoms with Gasteiger partial charge >= 0.3 is 0 Å². The van der Waals surface area contributed by atoms with Crippen LogP contribution in [0.3, 0.4) is 0 Å². The average molecular weight is 284 g/mol. The number of aromatic nitrogens is 2. The minimum atomic E-state index is 1.01. The lowest BCUT2D eigenvalue weighted by Crippen LogP contribution is -2.15. The summed E-state index contributed by atoms with van der Waals surface area (Å²) in [6.45, 7) is 17.4. The molecule has 2 heterocycles. The van der Waals surface area contributed by atoms with Crippen LogP contribution in [0, 0.1) is 20.8 Å². The number of aryl methyl sites for hydroxylation is 1. The number of nitrogens with one attached hydrogen (secondary N) is 2. The normalized spacial score (nSPS) is 12.9. The third-order valence-electron chi connectivity index (χ3n) is 4.72. The molecule has 0 amide bonds. The molecule has 0 saturated heterocycles. The third-order valence-corrected chi connectivity index (χ3v) is 4.72. The zero-order chi connectivity index (χ0) is 15.7. The molecule has 21 heavy (non-hydrogen) atoms. The fourth-order valence-corrected chi connectivity index (χ4v) is 3.58. The van der Waals surface area contributed by atoms with Gasteiger partial charge in [0.25, 0.3) is 0 Å². The highest BCUT2D eigenvalue weighted by atomic mass is 14.8. The largest absolute Gasteiger partial charge is 0.358 e. The molecule has 0 aliphatic heterocycles. The summed E-state index contributed by atoms with van der Waals surface area (Å²) in [5.41, 5.74) is 9.51. The smallest absolute Gasteiger partial charge is 0.0470 e. The van der Waals surface area contributed by atoms with E-state index in [4.69, 9.17) is 0 Å². The van der Waals surface area contributed by atoms with Crippen LogP contribution in [0.5, 0.6) is 0 Å². The van der Waals surface area contributed by atoms with E-state index < -0.39 is 0 Å². The van der Waals surface area contributed by atoms with Crippen LogP contribution in [0.25, 0.3) is 12.2 Å². The number of aromatic amines is 2. The molecule has 0 spiro atoms. The molecule has 2 heteroatoms. The van der Waals surface area contributed by atoms with E-state index in [1.807, 2.05) is 0 Å². The first-order valence-corrected chi connectivity index (χ1v) is 8.04. The summed E-state index contributed by atoms with van der Waals surface area (Å²) < 4.78 is 0. The van der Waals surface area contributed by atoms with Gasteiger partial charge in [0.05, 0.1) is 0 Å². The van der Waals surface area contributed by atoms with Crippen LogP contribution in [0.15, 0.2) is 0 Å². The number of H-pyrrole nitrogens is 2. The Morgan fingerprint density at radius 1 is 0.905 bits per heavy atom. The highest BCUT2D eigenvalue weighted by molar-refractivity contribution is 5.67. The minimum Gasteiger partial charge on any atom is -0.358 e. The molecular formula is C19H28N2. The topological polar surface area (TPSA) is 31.6 Å². The van der Waals surface area contributed by atoms with E-state index in [1.165, 1.54) is 44.6 Å². The summed E-state index contributed by atoms with van der Waals surface area (Å²) in [6.07, 6.45) is 3.12. The first-order chi connectivity index (χ1) is 9.96. The number of hydrogen-bond donors (Lipinski definition) is 2. The van der Waals surface area contributed by atoms with Gasteiger partial charge in [-0.05, 0) is 67.9 Å². The molecule has 0 radical (unpaired) electrons. The van der Waals surface area contributed by atoms with Crippen molar-refractivity contribution < 1.29 is 0 Å². The van der Waals surface area contributed by atoms with Gasteiger partial charge in [0.15, 0.2) is 0 Å². The van der Waals surface area contributed by atoms with Gasteiger partial charge in [0, 0.05) is 22.1 Å². The molecule has 0 saturated carbocycles. The van der Waals surface area contributed by atoms with Gasteiger partial charge in [0.1, 0.15) is 0 Å². The Labute approximate surface area is 128 Å². The molecule has 0 atom stereocenters. The standard InChI is InChI=1S/C19H28N2/c1-8-15-11(4)18(20-13(15)6)17(10-3)19-12(5)16(9-2)14(7)21-19/h20-21H,6,8-10H2,1-5,7H3. The predicted molar refractivity (Wildman–Crippen MR) is 92.1 cm³/mol. The maximum absolute atomic E-state index is 4.17. The van der Waals surface area contributed by atoms with Crippen molar-refractivity contribution >= 4 is 12.2 Å². The SMILES string of the molecule is C=c1[nH]c(=C(CC)c2[nH]c(C)c(CC)c2C)c(C)c1CC. The van der Waals surface area contributed by atoms with E-state index in [1.54, 1.807) is 0 Å². The molecule has 0 fully saturated rings. The van der Waals surface area contributed by atoms with Gasteiger partial charge in [-0.2, -0.15) is 0 Å². The molecule has 114 valence electrons. The van der Waals surface area contributed by atoms with E-state index in [2.05, 4.69) is 58.1 Å².